The normalized spacial score (nSPS) is 12.4. The Kier molecular flexibility index (Phi) is 3.51. The average molecular weight is 266 g/mol. The minimum atomic E-state index is -1.98. The molecule has 0 saturated heterocycles. The highest BCUT2D eigenvalue weighted by Gasteiger charge is 2.13. The number of aryl methyl sites for hydroxylation is 1. The standard InChI is InChI=1S/C12H10O3S2/c1-8-6-11(12(16-8)17(14)15)10-4-2-9(7-13)3-5-10/h2-7H,1H3,(H,14,15). The maximum Gasteiger partial charge on any atom is 0.197 e. The molecule has 3 nitrogen and oxygen atoms in total. The van der Waals surface area contributed by atoms with Gasteiger partial charge in [-0.05, 0) is 18.6 Å². The summed E-state index contributed by atoms with van der Waals surface area (Å²) in [5.41, 5.74) is 2.19. The molecule has 1 aromatic carbocycles. The Hall–Kier alpha value is -1.30. The maximum absolute atomic E-state index is 11.2. The zero-order valence-electron chi connectivity index (χ0n) is 9.04. The van der Waals surface area contributed by atoms with Crippen LogP contribution in [0.4, 0.5) is 0 Å². The summed E-state index contributed by atoms with van der Waals surface area (Å²) in [5, 5.41) is 0. The molecule has 1 N–H and O–H groups in total. The summed E-state index contributed by atoms with van der Waals surface area (Å²) in [6, 6.07) is 8.83. The summed E-state index contributed by atoms with van der Waals surface area (Å²) in [7, 11) is 0. The molecule has 1 heterocycles. The summed E-state index contributed by atoms with van der Waals surface area (Å²) in [6.07, 6.45) is 0.772. The molecule has 0 amide bonds. The fourth-order valence-corrected chi connectivity index (χ4v) is 3.37. The largest absolute Gasteiger partial charge is 0.302 e. The van der Waals surface area contributed by atoms with Crippen LogP contribution in [0, 0.1) is 6.92 Å². The predicted octanol–water partition coefficient (Wildman–Crippen LogP) is 3.12. The number of benzene rings is 1. The second-order valence-corrected chi connectivity index (χ2v) is 5.97. The average Bonchev–Trinajstić information content (AvgIpc) is 2.72. The monoisotopic (exact) mass is 266 g/mol. The van der Waals surface area contributed by atoms with Gasteiger partial charge < -0.3 is 4.55 Å². The SMILES string of the molecule is Cc1cc(-c2ccc(C=O)cc2)c(S(=O)O)s1. The van der Waals surface area contributed by atoms with Crippen molar-refractivity contribution in [3.8, 4) is 11.1 Å². The lowest BCUT2D eigenvalue weighted by Crippen LogP contribution is -1.87. The van der Waals surface area contributed by atoms with Gasteiger partial charge in [0.15, 0.2) is 11.1 Å². The summed E-state index contributed by atoms with van der Waals surface area (Å²) >= 11 is -0.671. The smallest absolute Gasteiger partial charge is 0.197 e. The molecule has 2 rings (SSSR count). The van der Waals surface area contributed by atoms with Gasteiger partial charge in [0.25, 0.3) is 0 Å². The van der Waals surface area contributed by atoms with Gasteiger partial charge in [0, 0.05) is 16.0 Å². The summed E-state index contributed by atoms with van der Waals surface area (Å²) in [6.45, 7) is 1.89. The third kappa shape index (κ3) is 2.52. The van der Waals surface area contributed by atoms with Crippen LogP contribution in [-0.2, 0) is 11.1 Å². The first kappa shape index (κ1) is 12.2. The third-order valence-electron chi connectivity index (χ3n) is 2.34. The fourth-order valence-electron chi connectivity index (χ4n) is 1.56. The molecule has 0 saturated carbocycles. The molecule has 1 unspecified atom stereocenters. The lowest BCUT2D eigenvalue weighted by Gasteiger charge is -2.00. The van der Waals surface area contributed by atoms with E-state index in [1.54, 1.807) is 24.3 Å². The Morgan fingerprint density at radius 3 is 2.47 bits per heavy atom. The van der Waals surface area contributed by atoms with Gasteiger partial charge in [-0.3, -0.25) is 4.79 Å². The van der Waals surface area contributed by atoms with Crippen molar-refractivity contribution in [2.75, 3.05) is 0 Å². The highest BCUT2D eigenvalue weighted by molar-refractivity contribution is 7.82. The molecule has 0 spiro atoms. The van der Waals surface area contributed by atoms with Crippen molar-refractivity contribution < 1.29 is 13.6 Å². The molecular formula is C12H10O3S2. The van der Waals surface area contributed by atoms with Crippen LogP contribution < -0.4 is 0 Å². The molecule has 0 radical (unpaired) electrons. The van der Waals surface area contributed by atoms with E-state index in [0.717, 1.165) is 22.3 Å². The Morgan fingerprint density at radius 2 is 1.94 bits per heavy atom. The van der Waals surface area contributed by atoms with Crippen molar-refractivity contribution in [1.29, 1.82) is 0 Å². The van der Waals surface area contributed by atoms with Crippen LogP contribution in [0.5, 0.6) is 0 Å². The van der Waals surface area contributed by atoms with Crippen LogP contribution in [0.25, 0.3) is 11.1 Å². The Morgan fingerprint density at radius 1 is 1.29 bits per heavy atom. The van der Waals surface area contributed by atoms with Crippen molar-refractivity contribution in [1.82, 2.24) is 0 Å². The maximum atomic E-state index is 11.2. The zero-order valence-corrected chi connectivity index (χ0v) is 10.7. The molecule has 0 aliphatic heterocycles. The van der Waals surface area contributed by atoms with E-state index in [4.69, 9.17) is 0 Å². The molecule has 0 aliphatic rings. The van der Waals surface area contributed by atoms with Crippen molar-refractivity contribution in [2.45, 2.75) is 11.1 Å². The van der Waals surface area contributed by atoms with Crippen LogP contribution >= 0.6 is 11.3 Å². The van der Waals surface area contributed by atoms with Crippen molar-refractivity contribution in [2.24, 2.45) is 0 Å². The number of aldehydes is 1. The minimum absolute atomic E-state index is 0.446. The van der Waals surface area contributed by atoms with Gasteiger partial charge in [0.2, 0.25) is 0 Å². The van der Waals surface area contributed by atoms with E-state index in [9.17, 15) is 13.6 Å². The molecule has 2 aromatic rings. The molecule has 0 fully saturated rings. The second-order valence-electron chi connectivity index (χ2n) is 3.55. The number of thiophene rings is 1. The van der Waals surface area contributed by atoms with Gasteiger partial charge in [-0.25, -0.2) is 4.21 Å². The molecule has 1 atom stereocenters. The van der Waals surface area contributed by atoms with Crippen molar-refractivity contribution in [3.05, 3.63) is 40.8 Å². The molecule has 1 aromatic heterocycles. The Bertz CT molecular complexity index is 570. The molecule has 88 valence electrons. The van der Waals surface area contributed by atoms with E-state index in [1.165, 1.54) is 11.3 Å². The fraction of sp³-hybridized carbons (Fsp3) is 0.0833. The number of carbonyl (C=O) groups is 1. The van der Waals surface area contributed by atoms with Gasteiger partial charge in [0.1, 0.15) is 10.5 Å². The van der Waals surface area contributed by atoms with Crippen molar-refractivity contribution >= 4 is 28.7 Å². The number of hydrogen-bond donors (Lipinski definition) is 1. The van der Waals surface area contributed by atoms with E-state index in [0.29, 0.717) is 9.77 Å². The highest BCUT2D eigenvalue weighted by Crippen LogP contribution is 2.33. The van der Waals surface area contributed by atoms with Crippen molar-refractivity contribution in [3.63, 3.8) is 0 Å². The Balaban J connectivity index is 2.51. The Labute approximate surface area is 105 Å². The van der Waals surface area contributed by atoms with Gasteiger partial charge in [-0.2, -0.15) is 0 Å². The van der Waals surface area contributed by atoms with E-state index >= 15 is 0 Å². The lowest BCUT2D eigenvalue weighted by molar-refractivity contribution is 0.112. The van der Waals surface area contributed by atoms with Gasteiger partial charge in [0.05, 0.1) is 0 Å². The molecular weight excluding hydrogens is 256 g/mol. The first-order chi connectivity index (χ1) is 8.11. The number of carbonyl (C=O) groups excluding carboxylic acids is 1. The zero-order chi connectivity index (χ0) is 12.4. The van der Waals surface area contributed by atoms with Crippen LogP contribution in [-0.4, -0.2) is 15.0 Å². The van der Waals surface area contributed by atoms with E-state index in [1.807, 2.05) is 13.0 Å². The molecule has 0 aliphatic carbocycles. The molecule has 0 bridgehead atoms. The molecule has 17 heavy (non-hydrogen) atoms. The van der Waals surface area contributed by atoms with E-state index in [-0.39, 0.29) is 0 Å². The van der Waals surface area contributed by atoms with E-state index in [2.05, 4.69) is 0 Å². The predicted molar refractivity (Wildman–Crippen MR) is 68.9 cm³/mol. The summed E-state index contributed by atoms with van der Waals surface area (Å²) in [5.74, 6) is 0. The highest BCUT2D eigenvalue weighted by atomic mass is 32.2. The first-order valence-electron chi connectivity index (χ1n) is 4.88. The van der Waals surface area contributed by atoms with Crippen LogP contribution in [0.1, 0.15) is 15.2 Å². The van der Waals surface area contributed by atoms with Crippen LogP contribution in [0.3, 0.4) is 0 Å². The molecule has 5 heteroatoms. The number of hydrogen-bond acceptors (Lipinski definition) is 3. The topological polar surface area (TPSA) is 54.4 Å². The number of rotatable bonds is 3. The quantitative estimate of drug-likeness (QED) is 0.686. The van der Waals surface area contributed by atoms with Gasteiger partial charge >= 0.3 is 0 Å². The lowest BCUT2D eigenvalue weighted by atomic mass is 10.1. The first-order valence-corrected chi connectivity index (χ1v) is 6.81. The van der Waals surface area contributed by atoms with Crippen LogP contribution in [0.15, 0.2) is 34.5 Å². The second kappa shape index (κ2) is 4.91. The van der Waals surface area contributed by atoms with E-state index < -0.39 is 11.1 Å². The van der Waals surface area contributed by atoms with Gasteiger partial charge in [-0.15, -0.1) is 11.3 Å². The summed E-state index contributed by atoms with van der Waals surface area (Å²) in [4.78, 5) is 11.5. The third-order valence-corrected chi connectivity index (χ3v) is 4.40. The minimum Gasteiger partial charge on any atom is -0.302 e. The summed E-state index contributed by atoms with van der Waals surface area (Å²) < 4.78 is 20.8. The van der Waals surface area contributed by atoms with Gasteiger partial charge in [-0.1, -0.05) is 24.3 Å². The van der Waals surface area contributed by atoms with Crippen LogP contribution in [0.2, 0.25) is 0 Å².